The van der Waals surface area contributed by atoms with Crippen molar-refractivity contribution in [1.82, 2.24) is 0 Å². The highest BCUT2D eigenvalue weighted by Gasteiger charge is 2.14. The van der Waals surface area contributed by atoms with E-state index in [1.807, 2.05) is 30.3 Å². The van der Waals surface area contributed by atoms with Gasteiger partial charge in [0.25, 0.3) is 0 Å². The van der Waals surface area contributed by atoms with Crippen LogP contribution in [0, 0.1) is 13.8 Å². The predicted molar refractivity (Wildman–Crippen MR) is 108 cm³/mol. The first-order valence-corrected chi connectivity index (χ1v) is 9.48. The molecule has 0 fully saturated rings. The zero-order valence-electron chi connectivity index (χ0n) is 15.7. The van der Waals surface area contributed by atoms with Crippen molar-refractivity contribution in [3.8, 4) is 5.75 Å². The van der Waals surface area contributed by atoms with Crippen LogP contribution in [0.4, 0.5) is 0 Å². The van der Waals surface area contributed by atoms with Gasteiger partial charge in [-0.2, -0.15) is 0 Å². The van der Waals surface area contributed by atoms with E-state index in [0.29, 0.717) is 6.61 Å². The molecule has 132 valence electrons. The van der Waals surface area contributed by atoms with Crippen LogP contribution < -0.4 is 10.2 Å². The van der Waals surface area contributed by atoms with Crippen LogP contribution in [0.2, 0.25) is 0 Å². The summed E-state index contributed by atoms with van der Waals surface area (Å²) in [4.78, 5) is 12.9. The number of aryl methyl sites for hydroxylation is 1. The van der Waals surface area contributed by atoms with Crippen molar-refractivity contribution in [2.75, 3.05) is 34.3 Å². The van der Waals surface area contributed by atoms with E-state index in [1.165, 1.54) is 0 Å². The van der Waals surface area contributed by atoms with Crippen LogP contribution in [0.15, 0.2) is 35.1 Å². The van der Waals surface area contributed by atoms with Crippen LogP contribution in [0.5, 0.6) is 5.75 Å². The molecule has 0 aliphatic heterocycles. The number of nitrogens with zero attached hydrogens (tertiary/aromatic N) is 1. The molecule has 2 aromatic carbocycles. The highest BCUT2D eigenvalue weighted by Crippen LogP contribution is 2.33. The van der Waals surface area contributed by atoms with Gasteiger partial charge in [-0.1, -0.05) is 12.1 Å². The number of benzene rings is 2. The third kappa shape index (κ3) is 3.70. The topological polar surface area (TPSA) is 26.3 Å². The lowest BCUT2D eigenvalue weighted by Gasteiger charge is -2.23. The van der Waals surface area contributed by atoms with Crippen molar-refractivity contribution in [2.45, 2.75) is 20.3 Å². The highest BCUT2D eigenvalue weighted by atomic mass is 32.1. The average Bonchev–Trinajstić information content (AvgIpc) is 2.56. The van der Waals surface area contributed by atoms with E-state index in [1.54, 1.807) is 11.3 Å². The minimum absolute atomic E-state index is 0.101. The standard InChI is InChI=1S/C21H26NO2S/c1-14-15(2)21-17(13-18(14)24-12-8-11-22(3,4)5)20(23)16-9-6-7-10-19(16)25-21/h6-7,9-10,13H,8,11-12H2,1-5H3/q+1. The van der Waals surface area contributed by atoms with Crippen molar-refractivity contribution >= 4 is 31.5 Å². The normalized spacial score (nSPS) is 12.0. The molecule has 0 aliphatic carbocycles. The molecule has 0 N–H and O–H groups in total. The van der Waals surface area contributed by atoms with Crippen LogP contribution in [0.3, 0.4) is 0 Å². The van der Waals surface area contributed by atoms with Gasteiger partial charge in [0.1, 0.15) is 5.75 Å². The average molecular weight is 357 g/mol. The van der Waals surface area contributed by atoms with Crippen LogP contribution in [-0.4, -0.2) is 38.8 Å². The minimum atomic E-state index is 0.101. The van der Waals surface area contributed by atoms with E-state index in [9.17, 15) is 4.79 Å². The molecular formula is C21H26NO2S+. The number of fused-ring (bicyclic) bond motifs is 2. The molecule has 0 saturated carbocycles. The molecule has 0 bridgehead atoms. The summed E-state index contributed by atoms with van der Waals surface area (Å²) in [5.74, 6) is 0.839. The minimum Gasteiger partial charge on any atom is -0.493 e. The maximum absolute atomic E-state index is 12.9. The van der Waals surface area contributed by atoms with Crippen LogP contribution >= 0.6 is 11.3 Å². The van der Waals surface area contributed by atoms with Crippen molar-refractivity contribution in [2.24, 2.45) is 0 Å². The Balaban J connectivity index is 2.00. The number of hydrogen-bond donors (Lipinski definition) is 0. The monoisotopic (exact) mass is 356 g/mol. The number of hydrogen-bond acceptors (Lipinski definition) is 3. The number of ether oxygens (including phenoxy) is 1. The molecule has 3 nitrogen and oxygen atoms in total. The van der Waals surface area contributed by atoms with Gasteiger partial charge in [0.05, 0.1) is 34.3 Å². The second kappa shape index (κ2) is 6.77. The second-order valence-electron chi connectivity index (χ2n) is 7.64. The molecular weight excluding hydrogens is 330 g/mol. The third-order valence-corrected chi connectivity index (χ3v) is 5.92. The van der Waals surface area contributed by atoms with Gasteiger partial charge < -0.3 is 9.22 Å². The lowest BCUT2D eigenvalue weighted by Crippen LogP contribution is -2.36. The van der Waals surface area contributed by atoms with E-state index in [0.717, 1.165) is 54.5 Å². The maximum Gasteiger partial charge on any atom is 0.196 e. The SMILES string of the molecule is Cc1c(OCCC[N+](C)(C)C)cc2c(=O)c3ccccc3sc2c1C. The molecule has 0 atom stereocenters. The van der Waals surface area contributed by atoms with E-state index < -0.39 is 0 Å². The highest BCUT2D eigenvalue weighted by molar-refractivity contribution is 7.24. The largest absolute Gasteiger partial charge is 0.493 e. The Kier molecular flexibility index (Phi) is 4.85. The summed E-state index contributed by atoms with van der Waals surface area (Å²) >= 11 is 1.69. The Morgan fingerprint density at radius 3 is 2.48 bits per heavy atom. The molecule has 3 rings (SSSR count). The fourth-order valence-electron chi connectivity index (χ4n) is 3.03. The van der Waals surface area contributed by atoms with E-state index in [-0.39, 0.29) is 5.43 Å². The van der Waals surface area contributed by atoms with Crippen LogP contribution in [0.25, 0.3) is 20.2 Å². The van der Waals surface area contributed by atoms with Crippen molar-refractivity contribution in [1.29, 1.82) is 0 Å². The first kappa shape index (κ1) is 17.9. The summed E-state index contributed by atoms with van der Waals surface area (Å²) in [5, 5.41) is 1.56. The lowest BCUT2D eigenvalue weighted by molar-refractivity contribution is -0.870. The Hall–Kier alpha value is -1.91. The van der Waals surface area contributed by atoms with Gasteiger partial charge in [-0.3, -0.25) is 4.79 Å². The Morgan fingerprint density at radius 1 is 1.04 bits per heavy atom. The molecule has 0 unspecified atom stereocenters. The zero-order valence-corrected chi connectivity index (χ0v) is 16.5. The quantitative estimate of drug-likeness (QED) is 0.382. The summed E-state index contributed by atoms with van der Waals surface area (Å²) in [6.45, 7) is 5.90. The van der Waals surface area contributed by atoms with E-state index in [4.69, 9.17) is 4.74 Å². The van der Waals surface area contributed by atoms with Gasteiger partial charge in [0.15, 0.2) is 5.43 Å². The Morgan fingerprint density at radius 2 is 1.76 bits per heavy atom. The number of quaternary nitrogens is 1. The van der Waals surface area contributed by atoms with E-state index >= 15 is 0 Å². The van der Waals surface area contributed by atoms with Crippen molar-refractivity contribution in [3.63, 3.8) is 0 Å². The molecule has 0 saturated heterocycles. The molecule has 1 aromatic heterocycles. The molecule has 0 spiro atoms. The van der Waals surface area contributed by atoms with Gasteiger partial charge >= 0.3 is 0 Å². The fraction of sp³-hybridized carbons (Fsp3) is 0.381. The summed E-state index contributed by atoms with van der Waals surface area (Å²) < 4.78 is 9.08. The zero-order chi connectivity index (χ0) is 18.2. The maximum atomic E-state index is 12.9. The van der Waals surface area contributed by atoms with Gasteiger partial charge in [-0.25, -0.2) is 0 Å². The summed E-state index contributed by atoms with van der Waals surface area (Å²) in [6.07, 6.45) is 0.991. The summed E-state index contributed by atoms with van der Waals surface area (Å²) in [6, 6.07) is 9.77. The molecule has 4 heteroatoms. The smallest absolute Gasteiger partial charge is 0.196 e. The van der Waals surface area contributed by atoms with Gasteiger partial charge in [0, 0.05) is 26.6 Å². The van der Waals surface area contributed by atoms with Gasteiger partial charge in [-0.15, -0.1) is 11.3 Å². The fourth-order valence-corrected chi connectivity index (χ4v) is 4.24. The molecule has 0 radical (unpaired) electrons. The number of rotatable bonds is 5. The molecule has 0 amide bonds. The van der Waals surface area contributed by atoms with E-state index in [2.05, 4.69) is 35.0 Å². The lowest BCUT2D eigenvalue weighted by atomic mass is 10.1. The van der Waals surface area contributed by atoms with Gasteiger partial charge in [0.2, 0.25) is 0 Å². The molecule has 0 aliphatic rings. The first-order chi connectivity index (χ1) is 11.8. The molecule has 3 aromatic rings. The van der Waals surface area contributed by atoms with Crippen molar-refractivity contribution in [3.05, 3.63) is 51.7 Å². The molecule has 25 heavy (non-hydrogen) atoms. The second-order valence-corrected chi connectivity index (χ2v) is 8.70. The Bertz CT molecular complexity index is 983. The van der Waals surface area contributed by atoms with Crippen LogP contribution in [0.1, 0.15) is 17.5 Å². The first-order valence-electron chi connectivity index (χ1n) is 8.67. The summed E-state index contributed by atoms with van der Waals surface area (Å²) in [7, 11) is 6.55. The molecule has 1 heterocycles. The van der Waals surface area contributed by atoms with Crippen LogP contribution in [-0.2, 0) is 0 Å². The third-order valence-electron chi connectivity index (χ3n) is 4.61. The summed E-state index contributed by atoms with van der Waals surface area (Å²) in [5.41, 5.74) is 2.37. The predicted octanol–water partition coefficient (Wildman–Crippen LogP) is 4.51. The van der Waals surface area contributed by atoms with Crippen molar-refractivity contribution < 1.29 is 9.22 Å². The van der Waals surface area contributed by atoms with Gasteiger partial charge in [-0.05, 0) is 43.2 Å². The Labute approximate surface area is 153 Å².